The first-order valence-electron chi connectivity index (χ1n) is 37.3. The molecule has 0 spiro atoms. The molecule has 0 amide bonds. The minimum atomic E-state index is -6.00. The SMILES string of the molecule is C1=Cc2nc1c(-c1c3c(cc4c1[C@H]1CC[C@@H]4C1)[C@@H]1CC[C@H]3C1)c1ccc([n-]1)c(-c1c3c(cc4c1[C@H]1CC[C@@H]4C1)[C@@H]1CC[C@H]3C1)c1nc(c(-c3c4c(cc5c3[C@H]3CC[C@@H]5C3)[C@@H]3CC[C@H]4C3)c3ccc([n-]3)c2-c2c3c(cc4c2[C@H]2CC[C@@H]4C2)[C@@H]2CC[C@H]3C2)C=C1.F[B-](F)(F)F.[Cr+3]. The van der Waals surface area contributed by atoms with Gasteiger partial charge >= 0.3 is 24.6 Å². The van der Waals surface area contributed by atoms with Crippen molar-refractivity contribution in [3.05, 3.63) is 160 Å². The number of rotatable bonds is 4. The first-order valence-corrected chi connectivity index (χ1v) is 37.3. The van der Waals surface area contributed by atoms with E-state index in [2.05, 4.69) is 72.8 Å². The average Bonchev–Trinajstić information content (AvgIpc) is 1.54. The predicted octanol–water partition coefficient (Wildman–Crippen LogP) is 22.8. The van der Waals surface area contributed by atoms with Crippen LogP contribution in [0.3, 0.4) is 0 Å². The number of fused-ring (bicyclic) bond motifs is 48. The molecule has 18 aliphatic rings. The van der Waals surface area contributed by atoms with Crippen LogP contribution < -0.4 is 9.97 Å². The molecule has 4 nitrogen and oxygen atoms in total. The van der Waals surface area contributed by atoms with Crippen molar-refractivity contribution in [1.82, 2.24) is 19.9 Å². The Hall–Kier alpha value is -6.20. The van der Waals surface area contributed by atoms with Crippen molar-refractivity contribution in [3.63, 3.8) is 0 Å². The zero-order chi connectivity index (χ0) is 60.5. The van der Waals surface area contributed by atoms with Crippen LogP contribution in [0.25, 0.3) is 90.9 Å². The van der Waals surface area contributed by atoms with Crippen molar-refractivity contribution in [3.8, 4) is 44.5 Å². The molecule has 8 fully saturated rings. The van der Waals surface area contributed by atoms with Crippen molar-refractivity contribution in [1.29, 1.82) is 0 Å². The van der Waals surface area contributed by atoms with E-state index in [0.717, 1.165) is 44.8 Å². The Balaban J connectivity index is 0.000000904. The standard InChI is InChI=1S/C84H76N4.BF4.Cr/c1-9-45-25-37(1)53-33-54-38-2-10-46(26-38)70(54)81(69(45)53)77-61-17-19-63(85-61)78(82-71-47-11-3-39(27-47)55(71)34-56-40-4-12-48(28-40)72(56)82)65-21-23-67(87-65)80(84-75-51-15-7-43(31-51)59(75)36-60-44-8-16-52(32-44)76(60)84)68-24-22-66(88-68)79(64-20-18-62(77)86-64)83-73-49-13-5-41(29-49)57(73)35-58-42-6-14-50(30-42)74(58)83;2-1(3,4)5;/h17-24,33-52H,1-16,25-32H2;;/q-2;-1;+3/t37-,38-,39-,40-,41-,42-,43-,44-,45+,46+,47+,48+,49+,50+,51+,52+;;/m1../s1. The number of hydrogen-bond donors (Lipinski definition) is 0. The van der Waals surface area contributed by atoms with Gasteiger partial charge in [0.05, 0.1) is 22.8 Å². The van der Waals surface area contributed by atoms with Gasteiger partial charge < -0.3 is 27.2 Å². The summed E-state index contributed by atoms with van der Waals surface area (Å²) in [4.78, 5) is 25.4. The van der Waals surface area contributed by atoms with E-state index in [1.165, 1.54) is 176 Å². The van der Waals surface area contributed by atoms with Gasteiger partial charge in [-0.1, -0.05) is 48.5 Å². The fraction of sp³-hybridized carbons (Fsp3) is 0.476. The molecule has 8 saturated carbocycles. The summed E-state index contributed by atoms with van der Waals surface area (Å²) in [5.74, 6) is 10.4. The second-order valence-corrected chi connectivity index (χ2v) is 33.5. The largest absolute Gasteiger partial charge is 3.00 e. The van der Waals surface area contributed by atoms with E-state index in [4.69, 9.17) is 19.9 Å². The molecule has 3 aromatic heterocycles. The Morgan fingerprint density at radius 1 is 0.255 bits per heavy atom. The number of nitrogens with zero attached hydrogens (tertiary/aromatic N) is 4. The van der Waals surface area contributed by atoms with E-state index in [9.17, 15) is 17.3 Å². The summed E-state index contributed by atoms with van der Waals surface area (Å²) in [7, 11) is -6.00. The molecule has 16 atom stereocenters. The molecule has 10 heteroatoms. The van der Waals surface area contributed by atoms with Crippen molar-refractivity contribution in [2.24, 2.45) is 0 Å². The third-order valence-electron chi connectivity index (χ3n) is 29.7. The number of halogens is 4. The van der Waals surface area contributed by atoms with Crippen molar-refractivity contribution in [2.45, 2.75) is 249 Å². The molecule has 0 saturated heterocycles. The molecule has 25 rings (SSSR count). The molecular weight excluding hydrogens is 1200 g/mol. The van der Waals surface area contributed by atoms with E-state index >= 15 is 0 Å². The topological polar surface area (TPSA) is 54.0 Å². The van der Waals surface area contributed by atoms with Crippen molar-refractivity contribution >= 4 is 53.6 Å². The number of hydrogen-bond acceptors (Lipinski definition) is 2. The van der Waals surface area contributed by atoms with Gasteiger partial charge in [-0.3, -0.25) is 0 Å². The zero-order valence-corrected chi connectivity index (χ0v) is 54.7. The summed E-state index contributed by atoms with van der Waals surface area (Å²) in [6, 6.07) is 21.2. The summed E-state index contributed by atoms with van der Waals surface area (Å²) in [5, 5.41) is 0. The molecule has 7 aromatic rings. The Bertz CT molecular complexity index is 4170. The quantitative estimate of drug-likeness (QED) is 0.130. The van der Waals surface area contributed by atoms with Crippen LogP contribution in [0.2, 0.25) is 0 Å². The molecule has 94 heavy (non-hydrogen) atoms. The summed E-state index contributed by atoms with van der Waals surface area (Å²) in [6.07, 6.45) is 41.8. The van der Waals surface area contributed by atoms with Gasteiger partial charge in [-0.25, -0.2) is 9.97 Å². The van der Waals surface area contributed by atoms with Gasteiger partial charge in [-0.05, 0) is 407 Å². The third-order valence-corrected chi connectivity index (χ3v) is 29.7. The maximum absolute atomic E-state index is 9.75. The summed E-state index contributed by atoms with van der Waals surface area (Å²) >= 11 is 0. The minimum absolute atomic E-state index is 0. The maximum atomic E-state index is 9.75. The molecule has 5 heterocycles. The molecule has 1 radical (unpaired) electrons. The number of aromatic nitrogens is 4. The molecule has 469 valence electrons. The van der Waals surface area contributed by atoms with Crippen molar-refractivity contribution in [2.75, 3.05) is 0 Å². The van der Waals surface area contributed by atoms with Crippen LogP contribution in [0.4, 0.5) is 17.3 Å². The first kappa shape index (κ1) is 54.9. The molecule has 16 aliphatic carbocycles. The molecule has 24 bridgehead atoms. The van der Waals surface area contributed by atoms with Crippen LogP contribution in [0.5, 0.6) is 0 Å². The fourth-order valence-electron chi connectivity index (χ4n) is 26.6. The summed E-state index contributed by atoms with van der Waals surface area (Å²) < 4.78 is 39.0. The van der Waals surface area contributed by atoms with Gasteiger partial charge in [-0.2, -0.15) is 0 Å². The Morgan fingerprint density at radius 2 is 0.415 bits per heavy atom. The first-order chi connectivity index (χ1) is 45.5. The molecule has 0 N–H and O–H groups in total. The van der Waals surface area contributed by atoms with E-state index < -0.39 is 7.25 Å². The van der Waals surface area contributed by atoms with Gasteiger partial charge in [0.2, 0.25) is 0 Å². The van der Waals surface area contributed by atoms with E-state index in [1.54, 1.807) is 111 Å². The van der Waals surface area contributed by atoms with Gasteiger partial charge in [0.25, 0.3) is 0 Å². The summed E-state index contributed by atoms with van der Waals surface area (Å²) in [5.41, 5.74) is 47.9. The minimum Gasteiger partial charge on any atom is -0.657 e. The Labute approximate surface area is 558 Å². The van der Waals surface area contributed by atoms with E-state index in [-0.39, 0.29) is 17.4 Å². The van der Waals surface area contributed by atoms with Crippen LogP contribution in [0.15, 0.2) is 48.5 Å². The third kappa shape index (κ3) is 7.15. The number of benzene rings is 4. The second-order valence-electron chi connectivity index (χ2n) is 33.5. The van der Waals surface area contributed by atoms with Crippen LogP contribution in [0.1, 0.15) is 361 Å². The second kappa shape index (κ2) is 18.9. The van der Waals surface area contributed by atoms with Crippen molar-refractivity contribution < 1.29 is 34.6 Å². The molecular formula is C84H76BCrF4N4. The predicted molar refractivity (Wildman–Crippen MR) is 363 cm³/mol. The van der Waals surface area contributed by atoms with Gasteiger partial charge in [-0.15, -0.1) is 22.1 Å². The Kier molecular flexibility index (Phi) is 11.0. The van der Waals surface area contributed by atoms with Crippen LogP contribution in [-0.2, 0) is 17.4 Å². The zero-order valence-electron chi connectivity index (χ0n) is 53.4. The molecule has 4 aromatic carbocycles. The van der Waals surface area contributed by atoms with E-state index in [0.29, 0.717) is 94.7 Å². The van der Waals surface area contributed by atoms with Crippen LogP contribution in [-0.4, -0.2) is 17.2 Å². The van der Waals surface area contributed by atoms with Gasteiger partial charge in [0.1, 0.15) is 0 Å². The Morgan fingerprint density at radius 3 is 0.585 bits per heavy atom. The normalized spacial score (nSPS) is 33.0. The van der Waals surface area contributed by atoms with Gasteiger partial charge in [0, 0.05) is 0 Å². The monoisotopic (exact) mass is 1280 g/mol. The average molecular weight is 1280 g/mol. The van der Waals surface area contributed by atoms with Crippen LogP contribution in [0, 0.1) is 0 Å². The smallest absolute Gasteiger partial charge is 0.657 e. The van der Waals surface area contributed by atoms with Gasteiger partial charge in [0.15, 0.2) is 0 Å². The molecule has 2 aliphatic heterocycles. The molecule has 0 unspecified atom stereocenters. The van der Waals surface area contributed by atoms with Crippen LogP contribution >= 0.6 is 0 Å². The summed E-state index contributed by atoms with van der Waals surface area (Å²) in [6.45, 7) is 0. The maximum Gasteiger partial charge on any atom is 3.00 e. The fourth-order valence-corrected chi connectivity index (χ4v) is 26.6. The van der Waals surface area contributed by atoms with E-state index in [1.807, 2.05) is 0 Å².